The SMILES string of the molecule is c1ccc(-c2ccc(-c3cc(-n4c5ccc(-c6ccccc6)cc5c5c(-n6ccc7c6ccc6c8ccccc8n(-c8ccccc8)c67)cccc54)nc(-c4ccccc4)n3)cc2)cc1. The Balaban J connectivity index is 1.07. The van der Waals surface area contributed by atoms with Gasteiger partial charge in [-0.15, -0.1) is 0 Å². The third kappa shape index (κ3) is 6.01. The van der Waals surface area contributed by atoms with Crippen LogP contribution in [0.15, 0.2) is 237 Å². The second kappa shape index (κ2) is 14.9. The summed E-state index contributed by atoms with van der Waals surface area (Å²) >= 11 is 0. The van der Waals surface area contributed by atoms with Gasteiger partial charge in [0, 0.05) is 56.0 Å². The topological polar surface area (TPSA) is 40.6 Å². The lowest BCUT2D eigenvalue weighted by molar-refractivity contribution is 1.05. The lowest BCUT2D eigenvalue weighted by Gasteiger charge is -2.13. The number of benzene rings is 9. The van der Waals surface area contributed by atoms with Crippen LogP contribution in [0.4, 0.5) is 0 Å². The van der Waals surface area contributed by atoms with Gasteiger partial charge in [0.1, 0.15) is 5.82 Å². The number of para-hydroxylation sites is 2. The second-order valence-electron chi connectivity index (χ2n) is 16.6. The van der Waals surface area contributed by atoms with Gasteiger partial charge >= 0.3 is 0 Å². The summed E-state index contributed by atoms with van der Waals surface area (Å²) in [6.45, 7) is 0. The number of nitrogens with zero attached hydrogens (tertiary/aromatic N) is 5. The van der Waals surface area contributed by atoms with Gasteiger partial charge in [-0.25, -0.2) is 9.97 Å². The molecule has 5 nitrogen and oxygen atoms in total. The van der Waals surface area contributed by atoms with E-state index >= 15 is 0 Å². The summed E-state index contributed by atoms with van der Waals surface area (Å²) in [6.07, 6.45) is 2.24. The molecule has 304 valence electrons. The van der Waals surface area contributed by atoms with Crippen molar-refractivity contribution in [3.63, 3.8) is 0 Å². The number of fused-ring (bicyclic) bond motifs is 8. The molecule has 4 aromatic heterocycles. The fourth-order valence-corrected chi connectivity index (χ4v) is 9.92. The molecular formula is C60H39N5. The zero-order chi connectivity index (χ0) is 42.8. The summed E-state index contributed by atoms with van der Waals surface area (Å²) in [5.74, 6) is 1.48. The van der Waals surface area contributed by atoms with Crippen LogP contribution < -0.4 is 0 Å². The van der Waals surface area contributed by atoms with Crippen LogP contribution >= 0.6 is 0 Å². The normalized spacial score (nSPS) is 11.7. The van der Waals surface area contributed by atoms with Crippen LogP contribution in [0.5, 0.6) is 0 Å². The van der Waals surface area contributed by atoms with E-state index in [9.17, 15) is 0 Å². The van der Waals surface area contributed by atoms with Gasteiger partial charge in [0.25, 0.3) is 0 Å². The van der Waals surface area contributed by atoms with Crippen molar-refractivity contribution >= 4 is 54.5 Å². The van der Waals surface area contributed by atoms with Gasteiger partial charge in [0.2, 0.25) is 0 Å². The molecule has 13 rings (SSSR count). The fraction of sp³-hybridized carbons (Fsp3) is 0. The zero-order valence-electron chi connectivity index (χ0n) is 35.3. The van der Waals surface area contributed by atoms with Crippen LogP contribution in [0.1, 0.15) is 0 Å². The predicted octanol–water partition coefficient (Wildman–Crippen LogP) is 15.3. The molecule has 0 aliphatic carbocycles. The molecule has 65 heavy (non-hydrogen) atoms. The Bertz CT molecular complexity index is 3900. The number of aromatic nitrogens is 5. The largest absolute Gasteiger partial charge is 0.316 e. The molecule has 0 spiro atoms. The first kappa shape index (κ1) is 36.8. The van der Waals surface area contributed by atoms with E-state index in [0.29, 0.717) is 5.82 Å². The van der Waals surface area contributed by atoms with Crippen LogP contribution in [0, 0.1) is 0 Å². The molecule has 0 aliphatic rings. The predicted molar refractivity (Wildman–Crippen MR) is 269 cm³/mol. The van der Waals surface area contributed by atoms with Gasteiger partial charge in [-0.05, 0) is 76.9 Å². The van der Waals surface area contributed by atoms with Gasteiger partial charge in [0.15, 0.2) is 5.82 Å². The smallest absolute Gasteiger partial charge is 0.162 e. The van der Waals surface area contributed by atoms with E-state index in [2.05, 4.69) is 232 Å². The van der Waals surface area contributed by atoms with Crippen LogP contribution in [-0.2, 0) is 0 Å². The molecule has 4 heterocycles. The Kier molecular flexibility index (Phi) is 8.46. The average Bonchev–Trinajstić information content (AvgIpc) is 4.08. The maximum absolute atomic E-state index is 5.40. The summed E-state index contributed by atoms with van der Waals surface area (Å²) in [6, 6.07) is 82.1. The Morgan fingerprint density at radius 3 is 1.66 bits per heavy atom. The molecule has 0 aliphatic heterocycles. The highest BCUT2D eigenvalue weighted by Gasteiger charge is 2.22. The van der Waals surface area contributed by atoms with Crippen LogP contribution in [-0.4, -0.2) is 23.7 Å². The molecule has 5 heteroatoms. The Morgan fingerprint density at radius 1 is 0.323 bits per heavy atom. The van der Waals surface area contributed by atoms with Gasteiger partial charge < -0.3 is 9.13 Å². The van der Waals surface area contributed by atoms with Crippen molar-refractivity contribution in [2.45, 2.75) is 0 Å². The highest BCUT2D eigenvalue weighted by Crippen LogP contribution is 2.42. The molecule has 0 atom stereocenters. The molecule has 0 unspecified atom stereocenters. The van der Waals surface area contributed by atoms with Crippen molar-refractivity contribution in [3.8, 4) is 62.1 Å². The van der Waals surface area contributed by atoms with Crippen molar-refractivity contribution in [3.05, 3.63) is 237 Å². The molecule has 0 N–H and O–H groups in total. The summed E-state index contributed by atoms with van der Waals surface area (Å²) < 4.78 is 7.12. The highest BCUT2D eigenvalue weighted by atomic mass is 15.1. The maximum Gasteiger partial charge on any atom is 0.162 e. The van der Waals surface area contributed by atoms with Crippen LogP contribution in [0.3, 0.4) is 0 Å². The molecule has 0 radical (unpaired) electrons. The molecule has 0 saturated heterocycles. The van der Waals surface area contributed by atoms with Crippen molar-refractivity contribution in [1.82, 2.24) is 23.7 Å². The molecule has 0 fully saturated rings. The van der Waals surface area contributed by atoms with Crippen LogP contribution in [0.2, 0.25) is 0 Å². The van der Waals surface area contributed by atoms with Gasteiger partial charge in [-0.1, -0.05) is 170 Å². The van der Waals surface area contributed by atoms with E-state index in [0.717, 1.165) is 72.5 Å². The fourth-order valence-electron chi connectivity index (χ4n) is 9.92. The van der Waals surface area contributed by atoms with Crippen molar-refractivity contribution in [2.24, 2.45) is 0 Å². The lowest BCUT2D eigenvalue weighted by Crippen LogP contribution is -2.02. The second-order valence-corrected chi connectivity index (χ2v) is 16.6. The minimum Gasteiger partial charge on any atom is -0.316 e. The summed E-state index contributed by atoms with van der Waals surface area (Å²) in [7, 11) is 0. The first-order chi connectivity index (χ1) is 32.2. The Labute approximate surface area is 375 Å². The quantitative estimate of drug-likeness (QED) is 0.161. The molecule has 13 aromatic rings. The van der Waals surface area contributed by atoms with Gasteiger partial charge in [-0.3, -0.25) is 4.57 Å². The molecular weight excluding hydrogens is 791 g/mol. The van der Waals surface area contributed by atoms with Crippen molar-refractivity contribution in [1.29, 1.82) is 0 Å². The molecule has 0 saturated carbocycles. The molecule has 0 bridgehead atoms. The van der Waals surface area contributed by atoms with E-state index in [1.165, 1.54) is 38.3 Å². The first-order valence-electron chi connectivity index (χ1n) is 22.1. The van der Waals surface area contributed by atoms with E-state index in [4.69, 9.17) is 9.97 Å². The Morgan fingerprint density at radius 2 is 0.908 bits per heavy atom. The summed E-state index contributed by atoms with van der Waals surface area (Å²) in [4.78, 5) is 10.6. The summed E-state index contributed by atoms with van der Waals surface area (Å²) in [5.41, 5.74) is 15.4. The average molecular weight is 830 g/mol. The number of hydrogen-bond donors (Lipinski definition) is 0. The standard InChI is InChI=1S/C60H39N5/c1-5-16-40(17-6-1)42-28-30-43(31-29-42)51-39-57(62-60(61-51)44-20-9-3-10-21-44)65-54-34-32-45(41-18-7-2-8-19-41)38-50(54)58-55(26-15-27-56(58)65)63-37-36-49-52(63)35-33-48-47-24-13-14-25-53(47)64(59(48)49)46-22-11-4-12-23-46/h1-39H. The minimum absolute atomic E-state index is 0.673. The monoisotopic (exact) mass is 829 g/mol. The minimum atomic E-state index is 0.673. The molecule has 0 amide bonds. The van der Waals surface area contributed by atoms with E-state index in [-0.39, 0.29) is 0 Å². The number of hydrogen-bond acceptors (Lipinski definition) is 2. The molecule has 9 aromatic carbocycles. The van der Waals surface area contributed by atoms with Crippen molar-refractivity contribution < 1.29 is 0 Å². The maximum atomic E-state index is 5.40. The Hall–Kier alpha value is -8.80. The van der Waals surface area contributed by atoms with Gasteiger partial charge in [-0.2, -0.15) is 0 Å². The van der Waals surface area contributed by atoms with Crippen molar-refractivity contribution in [2.75, 3.05) is 0 Å². The summed E-state index contributed by atoms with van der Waals surface area (Å²) in [5, 5.41) is 5.97. The lowest BCUT2D eigenvalue weighted by atomic mass is 10.0. The third-order valence-electron chi connectivity index (χ3n) is 12.9. The number of rotatable bonds is 7. The van der Waals surface area contributed by atoms with E-state index in [1.807, 2.05) is 18.2 Å². The highest BCUT2D eigenvalue weighted by molar-refractivity contribution is 6.19. The van der Waals surface area contributed by atoms with E-state index in [1.54, 1.807) is 0 Å². The first-order valence-corrected chi connectivity index (χ1v) is 22.1. The third-order valence-corrected chi connectivity index (χ3v) is 12.9. The zero-order valence-corrected chi connectivity index (χ0v) is 35.3. The van der Waals surface area contributed by atoms with Gasteiger partial charge in [0.05, 0.1) is 39.0 Å². The van der Waals surface area contributed by atoms with E-state index < -0.39 is 0 Å². The van der Waals surface area contributed by atoms with Crippen LogP contribution in [0.25, 0.3) is 117 Å².